The highest BCUT2D eigenvalue weighted by atomic mass is 35.5. The van der Waals surface area contributed by atoms with Gasteiger partial charge in [-0.2, -0.15) is 0 Å². The molecule has 2 amide bonds. The Kier molecular flexibility index (Phi) is 7.61. The van der Waals surface area contributed by atoms with Crippen molar-refractivity contribution in [2.45, 2.75) is 6.10 Å². The molecule has 1 aromatic carbocycles. The van der Waals surface area contributed by atoms with Crippen LogP contribution in [-0.4, -0.2) is 56.1 Å². The summed E-state index contributed by atoms with van der Waals surface area (Å²) in [6, 6.07) is 6.85. The Hall–Kier alpha value is -1.34. The summed E-state index contributed by atoms with van der Waals surface area (Å²) in [7, 11) is 1.58. The second kappa shape index (κ2) is 8.95. The summed E-state index contributed by atoms with van der Waals surface area (Å²) < 4.78 is 5.37. The van der Waals surface area contributed by atoms with Crippen LogP contribution in [0.4, 0.5) is 5.69 Å². The van der Waals surface area contributed by atoms with E-state index in [2.05, 4.69) is 10.6 Å². The smallest absolute Gasteiger partial charge is 0.253 e. The fourth-order valence-corrected chi connectivity index (χ4v) is 2.22. The Morgan fingerprint density at radius 3 is 2.91 bits per heavy atom. The number of hydrogen-bond acceptors (Lipinski definition) is 4. The van der Waals surface area contributed by atoms with Crippen LogP contribution in [0.3, 0.4) is 0 Å². The Balaban J connectivity index is 0.00000242. The number of carbonyl (C=O) groups excluding carboxylic acids is 2. The standard InChI is InChI=1S/C14H18ClN3O3.ClH/c1-18(14(20)12-8-16-5-6-21-12)9-13(19)17-11-4-2-3-10(15)7-11;/h2-4,7,12,16H,5-6,8-9H2,1H3,(H,17,19);1H. The van der Waals surface area contributed by atoms with Gasteiger partial charge in [-0.25, -0.2) is 0 Å². The first-order valence-corrected chi connectivity index (χ1v) is 7.07. The summed E-state index contributed by atoms with van der Waals surface area (Å²) in [6.45, 7) is 1.67. The van der Waals surface area contributed by atoms with Crippen LogP contribution in [-0.2, 0) is 14.3 Å². The molecule has 1 unspecified atom stereocenters. The topological polar surface area (TPSA) is 70.7 Å². The Morgan fingerprint density at radius 1 is 1.50 bits per heavy atom. The van der Waals surface area contributed by atoms with Crippen LogP contribution < -0.4 is 10.6 Å². The summed E-state index contributed by atoms with van der Waals surface area (Å²) in [5.41, 5.74) is 0.601. The number of nitrogens with one attached hydrogen (secondary N) is 2. The van der Waals surface area contributed by atoms with Crippen molar-refractivity contribution in [1.29, 1.82) is 0 Å². The van der Waals surface area contributed by atoms with Crippen LogP contribution in [0.5, 0.6) is 0 Å². The van der Waals surface area contributed by atoms with Gasteiger partial charge in [0.2, 0.25) is 5.91 Å². The summed E-state index contributed by atoms with van der Waals surface area (Å²) in [6.07, 6.45) is -0.525. The third kappa shape index (κ3) is 5.46. The van der Waals surface area contributed by atoms with Gasteiger partial charge in [0.05, 0.1) is 13.2 Å². The van der Waals surface area contributed by atoms with E-state index < -0.39 is 6.10 Å². The van der Waals surface area contributed by atoms with Crippen molar-refractivity contribution in [1.82, 2.24) is 10.2 Å². The van der Waals surface area contributed by atoms with Crippen LogP contribution in [0.1, 0.15) is 0 Å². The SMILES string of the molecule is CN(CC(=O)Nc1cccc(Cl)c1)C(=O)C1CNCCO1.Cl. The molecule has 0 aromatic heterocycles. The van der Waals surface area contributed by atoms with Crippen molar-refractivity contribution in [2.75, 3.05) is 38.6 Å². The number of morpholine rings is 1. The summed E-state index contributed by atoms with van der Waals surface area (Å²) in [5, 5.41) is 6.32. The molecular formula is C14H19Cl2N3O3. The van der Waals surface area contributed by atoms with Gasteiger partial charge in [0, 0.05) is 30.8 Å². The maximum Gasteiger partial charge on any atom is 0.253 e. The third-order valence-corrected chi connectivity index (χ3v) is 3.30. The molecule has 1 fully saturated rings. The summed E-state index contributed by atoms with van der Waals surface area (Å²) >= 11 is 5.85. The average Bonchev–Trinajstić information content (AvgIpc) is 2.47. The monoisotopic (exact) mass is 347 g/mol. The fourth-order valence-electron chi connectivity index (χ4n) is 2.03. The van der Waals surface area contributed by atoms with Gasteiger partial charge in [-0.3, -0.25) is 9.59 Å². The van der Waals surface area contributed by atoms with E-state index in [1.807, 2.05) is 0 Å². The van der Waals surface area contributed by atoms with Crippen molar-refractivity contribution in [3.05, 3.63) is 29.3 Å². The number of benzene rings is 1. The van der Waals surface area contributed by atoms with Gasteiger partial charge in [-0.1, -0.05) is 17.7 Å². The molecule has 1 saturated heterocycles. The highest BCUT2D eigenvalue weighted by Gasteiger charge is 2.25. The maximum absolute atomic E-state index is 12.1. The van der Waals surface area contributed by atoms with Gasteiger partial charge >= 0.3 is 0 Å². The number of halogens is 2. The Bertz CT molecular complexity index is 522. The van der Waals surface area contributed by atoms with E-state index in [1.165, 1.54) is 4.90 Å². The minimum Gasteiger partial charge on any atom is -0.366 e. The van der Waals surface area contributed by atoms with E-state index in [1.54, 1.807) is 31.3 Å². The minimum atomic E-state index is -0.525. The number of hydrogen-bond donors (Lipinski definition) is 2. The predicted octanol–water partition coefficient (Wildman–Crippen LogP) is 1.15. The van der Waals surface area contributed by atoms with E-state index in [0.29, 0.717) is 23.9 Å². The van der Waals surface area contributed by atoms with Gasteiger partial charge in [0.15, 0.2) is 0 Å². The molecule has 22 heavy (non-hydrogen) atoms. The molecule has 0 saturated carbocycles. The zero-order valence-corrected chi connectivity index (χ0v) is 13.7. The lowest BCUT2D eigenvalue weighted by atomic mass is 10.2. The molecular weight excluding hydrogens is 329 g/mol. The molecule has 1 aromatic rings. The van der Waals surface area contributed by atoms with Crippen molar-refractivity contribution < 1.29 is 14.3 Å². The second-order valence-corrected chi connectivity index (χ2v) is 5.25. The van der Waals surface area contributed by atoms with Gasteiger partial charge in [0.25, 0.3) is 5.91 Å². The zero-order valence-electron chi connectivity index (χ0n) is 12.2. The molecule has 8 heteroatoms. The van der Waals surface area contributed by atoms with Crippen molar-refractivity contribution in [3.63, 3.8) is 0 Å². The molecule has 1 aliphatic rings. The first kappa shape index (κ1) is 18.7. The van der Waals surface area contributed by atoms with Crippen molar-refractivity contribution in [2.24, 2.45) is 0 Å². The molecule has 0 bridgehead atoms. The highest BCUT2D eigenvalue weighted by molar-refractivity contribution is 6.30. The van der Waals surface area contributed by atoms with Crippen molar-refractivity contribution in [3.8, 4) is 0 Å². The van der Waals surface area contributed by atoms with E-state index in [-0.39, 0.29) is 30.8 Å². The molecule has 122 valence electrons. The van der Waals surface area contributed by atoms with Gasteiger partial charge in [-0.05, 0) is 18.2 Å². The lowest BCUT2D eigenvalue weighted by molar-refractivity contribution is -0.145. The first-order chi connectivity index (χ1) is 10.1. The number of likely N-dealkylation sites (N-methyl/N-ethyl adjacent to an activating group) is 1. The van der Waals surface area contributed by atoms with Crippen LogP contribution in [0.15, 0.2) is 24.3 Å². The summed E-state index contributed by atoms with van der Waals surface area (Å²) in [4.78, 5) is 25.4. The molecule has 2 N–H and O–H groups in total. The van der Waals surface area contributed by atoms with Crippen LogP contribution >= 0.6 is 24.0 Å². The van der Waals surface area contributed by atoms with E-state index >= 15 is 0 Å². The number of ether oxygens (including phenoxy) is 1. The predicted molar refractivity (Wildman–Crippen MR) is 87.6 cm³/mol. The van der Waals surface area contributed by atoms with E-state index in [4.69, 9.17) is 16.3 Å². The Labute approximate surface area is 140 Å². The van der Waals surface area contributed by atoms with Crippen LogP contribution in [0.2, 0.25) is 5.02 Å². The number of nitrogens with zero attached hydrogens (tertiary/aromatic N) is 1. The molecule has 1 aliphatic heterocycles. The van der Waals surface area contributed by atoms with Gasteiger partial charge in [0.1, 0.15) is 6.10 Å². The fraction of sp³-hybridized carbons (Fsp3) is 0.429. The molecule has 0 radical (unpaired) electrons. The van der Waals surface area contributed by atoms with Crippen LogP contribution in [0.25, 0.3) is 0 Å². The van der Waals surface area contributed by atoms with E-state index in [0.717, 1.165) is 6.54 Å². The zero-order chi connectivity index (χ0) is 15.2. The minimum absolute atomic E-state index is 0. The van der Waals surface area contributed by atoms with Crippen LogP contribution in [0, 0.1) is 0 Å². The second-order valence-electron chi connectivity index (χ2n) is 4.82. The van der Waals surface area contributed by atoms with Gasteiger partial charge < -0.3 is 20.3 Å². The molecule has 6 nitrogen and oxygen atoms in total. The lowest BCUT2D eigenvalue weighted by Crippen LogP contribution is -2.49. The van der Waals surface area contributed by atoms with Crippen molar-refractivity contribution >= 4 is 41.5 Å². The summed E-state index contributed by atoms with van der Waals surface area (Å²) in [5.74, 6) is -0.486. The molecule has 0 spiro atoms. The first-order valence-electron chi connectivity index (χ1n) is 6.69. The number of rotatable bonds is 4. The normalized spacial score (nSPS) is 17.3. The quantitative estimate of drug-likeness (QED) is 0.856. The average molecular weight is 348 g/mol. The lowest BCUT2D eigenvalue weighted by Gasteiger charge is -2.26. The molecule has 0 aliphatic carbocycles. The molecule has 1 heterocycles. The number of anilines is 1. The molecule has 1 atom stereocenters. The largest absolute Gasteiger partial charge is 0.366 e. The van der Waals surface area contributed by atoms with Gasteiger partial charge in [-0.15, -0.1) is 12.4 Å². The number of amides is 2. The van der Waals surface area contributed by atoms with E-state index in [9.17, 15) is 9.59 Å². The third-order valence-electron chi connectivity index (χ3n) is 3.07. The maximum atomic E-state index is 12.1. The molecule has 2 rings (SSSR count). The number of carbonyl (C=O) groups is 2. The highest BCUT2D eigenvalue weighted by Crippen LogP contribution is 2.14. The Morgan fingerprint density at radius 2 is 2.27 bits per heavy atom.